The molecule has 70 valence electrons. The molecule has 0 aliphatic rings. The fourth-order valence-electron chi connectivity index (χ4n) is 0.931. The third-order valence-corrected chi connectivity index (χ3v) is 2.23. The molecule has 0 aromatic carbocycles. The number of amides is 1. The summed E-state index contributed by atoms with van der Waals surface area (Å²) in [6, 6.07) is 0. The van der Waals surface area contributed by atoms with Crippen molar-refractivity contribution in [2.45, 2.75) is 20.8 Å². The summed E-state index contributed by atoms with van der Waals surface area (Å²) in [5, 5.41) is 0. The van der Waals surface area contributed by atoms with Crippen LogP contribution in [0.3, 0.4) is 0 Å². The van der Waals surface area contributed by atoms with Crippen molar-refractivity contribution in [1.82, 2.24) is 4.90 Å². The maximum atomic E-state index is 11.5. The van der Waals surface area contributed by atoms with Crippen LogP contribution in [0.25, 0.3) is 0 Å². The molecule has 0 aromatic rings. The second-order valence-electron chi connectivity index (χ2n) is 2.63. The van der Waals surface area contributed by atoms with Crippen molar-refractivity contribution in [2.75, 3.05) is 13.1 Å². The number of rotatable bonds is 4. The molecule has 0 spiro atoms. The summed E-state index contributed by atoms with van der Waals surface area (Å²) in [6.45, 7) is 7.04. The lowest BCUT2D eigenvalue weighted by Gasteiger charge is -2.21. The van der Waals surface area contributed by atoms with E-state index < -0.39 is 0 Å². The third kappa shape index (κ3) is 2.77. The Morgan fingerprint density at radius 2 is 1.92 bits per heavy atom. The smallest absolute Gasteiger partial charge is 0.232 e. The lowest BCUT2D eigenvalue weighted by atomic mass is 10.1. The molecule has 0 aromatic heterocycles. The van der Waals surface area contributed by atoms with E-state index in [1.165, 1.54) is 0 Å². The number of nitrogens with zero attached hydrogens (tertiary/aromatic N) is 1. The van der Waals surface area contributed by atoms with Gasteiger partial charge in [-0.3, -0.25) is 4.79 Å². The van der Waals surface area contributed by atoms with E-state index in [9.17, 15) is 4.79 Å². The molecule has 0 aliphatic carbocycles. The molecule has 0 saturated carbocycles. The molecule has 0 heterocycles. The molecule has 1 atom stereocenters. The van der Waals surface area contributed by atoms with Gasteiger partial charge in [0.25, 0.3) is 0 Å². The predicted molar refractivity (Wildman–Crippen MR) is 53.9 cm³/mol. The van der Waals surface area contributed by atoms with Gasteiger partial charge in [-0.25, -0.2) is 0 Å². The van der Waals surface area contributed by atoms with Crippen molar-refractivity contribution in [2.24, 2.45) is 11.7 Å². The molecule has 1 unspecified atom stereocenters. The third-order valence-electron chi connectivity index (χ3n) is 1.87. The zero-order valence-corrected chi connectivity index (χ0v) is 8.65. The Kier molecular flexibility index (Phi) is 4.81. The van der Waals surface area contributed by atoms with Gasteiger partial charge in [-0.1, -0.05) is 12.2 Å². The van der Waals surface area contributed by atoms with E-state index in [-0.39, 0.29) is 16.8 Å². The Labute approximate surface area is 78.9 Å². The summed E-state index contributed by atoms with van der Waals surface area (Å²) in [4.78, 5) is 13.5. The zero-order valence-electron chi connectivity index (χ0n) is 7.83. The molecule has 0 radical (unpaired) electrons. The highest BCUT2D eigenvalue weighted by atomic mass is 32.1. The van der Waals surface area contributed by atoms with Gasteiger partial charge in [-0.15, -0.1) is 0 Å². The number of nitrogens with two attached hydrogens (primary N) is 1. The van der Waals surface area contributed by atoms with E-state index in [0.29, 0.717) is 13.1 Å². The number of thiocarbonyl (C=S) groups is 1. The van der Waals surface area contributed by atoms with Gasteiger partial charge in [0.1, 0.15) is 0 Å². The summed E-state index contributed by atoms with van der Waals surface area (Å²) in [5.74, 6) is -0.313. The van der Waals surface area contributed by atoms with E-state index in [4.69, 9.17) is 18.0 Å². The van der Waals surface area contributed by atoms with Crippen molar-refractivity contribution in [3.63, 3.8) is 0 Å². The molecule has 1 amide bonds. The lowest BCUT2D eigenvalue weighted by molar-refractivity contribution is -0.132. The fraction of sp³-hybridized carbons (Fsp3) is 0.750. The Balaban J connectivity index is 4.25. The SMILES string of the molecule is CCN(CC)C(=O)C(C)C(N)=S. The van der Waals surface area contributed by atoms with Gasteiger partial charge in [-0.2, -0.15) is 0 Å². The van der Waals surface area contributed by atoms with Crippen LogP contribution in [0.4, 0.5) is 0 Å². The Morgan fingerprint density at radius 3 is 2.17 bits per heavy atom. The minimum Gasteiger partial charge on any atom is -0.393 e. The molecule has 12 heavy (non-hydrogen) atoms. The molecule has 0 saturated heterocycles. The normalized spacial score (nSPS) is 12.2. The minimum atomic E-state index is -0.333. The largest absolute Gasteiger partial charge is 0.393 e. The summed E-state index contributed by atoms with van der Waals surface area (Å²) in [6.07, 6.45) is 0. The topological polar surface area (TPSA) is 46.3 Å². The minimum absolute atomic E-state index is 0.0208. The van der Waals surface area contributed by atoms with Gasteiger partial charge >= 0.3 is 0 Å². The number of hydrogen-bond donors (Lipinski definition) is 1. The Hall–Kier alpha value is -0.640. The summed E-state index contributed by atoms with van der Waals surface area (Å²) in [5.41, 5.74) is 5.37. The first-order valence-electron chi connectivity index (χ1n) is 4.12. The molecule has 3 nitrogen and oxygen atoms in total. The van der Waals surface area contributed by atoms with Gasteiger partial charge in [0.2, 0.25) is 5.91 Å². The summed E-state index contributed by atoms with van der Waals surface area (Å²) in [7, 11) is 0. The molecule has 0 rings (SSSR count). The van der Waals surface area contributed by atoms with E-state index in [1.54, 1.807) is 11.8 Å². The molecular weight excluding hydrogens is 172 g/mol. The van der Waals surface area contributed by atoms with Crippen molar-refractivity contribution >= 4 is 23.1 Å². The summed E-state index contributed by atoms with van der Waals surface area (Å²) < 4.78 is 0. The predicted octanol–water partition coefficient (Wildman–Crippen LogP) is 0.777. The highest BCUT2D eigenvalue weighted by molar-refractivity contribution is 7.80. The van der Waals surface area contributed by atoms with Crippen LogP contribution in [-0.2, 0) is 4.79 Å². The Morgan fingerprint density at radius 1 is 1.50 bits per heavy atom. The van der Waals surface area contributed by atoms with Crippen LogP contribution in [-0.4, -0.2) is 28.9 Å². The van der Waals surface area contributed by atoms with Crippen LogP contribution in [0.15, 0.2) is 0 Å². The molecule has 0 fully saturated rings. The lowest BCUT2D eigenvalue weighted by Crippen LogP contribution is -2.39. The van der Waals surface area contributed by atoms with E-state index in [2.05, 4.69) is 0 Å². The van der Waals surface area contributed by atoms with Crippen LogP contribution in [0.2, 0.25) is 0 Å². The average molecular weight is 188 g/mol. The van der Waals surface area contributed by atoms with Crippen LogP contribution in [0, 0.1) is 5.92 Å². The first-order chi connectivity index (χ1) is 5.54. The number of hydrogen-bond acceptors (Lipinski definition) is 2. The molecule has 0 aliphatic heterocycles. The molecular formula is C8H16N2OS. The number of carbonyl (C=O) groups excluding carboxylic acids is 1. The van der Waals surface area contributed by atoms with Gasteiger partial charge in [0.05, 0.1) is 10.9 Å². The van der Waals surface area contributed by atoms with E-state index in [0.717, 1.165) is 0 Å². The van der Waals surface area contributed by atoms with Gasteiger partial charge in [0.15, 0.2) is 0 Å². The van der Waals surface area contributed by atoms with Crippen molar-refractivity contribution in [3.8, 4) is 0 Å². The van der Waals surface area contributed by atoms with E-state index >= 15 is 0 Å². The second kappa shape index (κ2) is 5.09. The van der Waals surface area contributed by atoms with Crippen LogP contribution >= 0.6 is 12.2 Å². The monoisotopic (exact) mass is 188 g/mol. The summed E-state index contributed by atoms with van der Waals surface area (Å²) >= 11 is 4.74. The Bertz CT molecular complexity index is 178. The molecule has 4 heteroatoms. The quantitative estimate of drug-likeness (QED) is 0.663. The van der Waals surface area contributed by atoms with E-state index in [1.807, 2.05) is 13.8 Å². The number of carbonyl (C=O) groups is 1. The van der Waals surface area contributed by atoms with Crippen LogP contribution in [0.1, 0.15) is 20.8 Å². The first kappa shape index (κ1) is 11.4. The maximum Gasteiger partial charge on any atom is 0.232 e. The second-order valence-corrected chi connectivity index (χ2v) is 3.11. The van der Waals surface area contributed by atoms with Crippen molar-refractivity contribution in [3.05, 3.63) is 0 Å². The van der Waals surface area contributed by atoms with Gasteiger partial charge in [-0.05, 0) is 20.8 Å². The average Bonchev–Trinajstić information content (AvgIpc) is 2.05. The van der Waals surface area contributed by atoms with Crippen LogP contribution in [0.5, 0.6) is 0 Å². The maximum absolute atomic E-state index is 11.5. The zero-order chi connectivity index (χ0) is 9.72. The van der Waals surface area contributed by atoms with Gasteiger partial charge in [0, 0.05) is 13.1 Å². The van der Waals surface area contributed by atoms with Crippen molar-refractivity contribution in [1.29, 1.82) is 0 Å². The molecule has 0 bridgehead atoms. The standard InChI is InChI=1S/C8H16N2OS/c1-4-10(5-2)8(11)6(3)7(9)12/h6H,4-5H2,1-3H3,(H2,9,12). The fourth-order valence-corrected chi connectivity index (χ4v) is 1.03. The highest BCUT2D eigenvalue weighted by Crippen LogP contribution is 2.02. The highest BCUT2D eigenvalue weighted by Gasteiger charge is 2.19. The van der Waals surface area contributed by atoms with Crippen LogP contribution < -0.4 is 5.73 Å². The van der Waals surface area contributed by atoms with Gasteiger partial charge < -0.3 is 10.6 Å². The molecule has 2 N–H and O–H groups in total. The first-order valence-corrected chi connectivity index (χ1v) is 4.53. The van der Waals surface area contributed by atoms with Crippen molar-refractivity contribution < 1.29 is 4.79 Å².